The van der Waals surface area contributed by atoms with Crippen LogP contribution in [0.3, 0.4) is 0 Å². The summed E-state index contributed by atoms with van der Waals surface area (Å²) < 4.78 is 4.65. The highest BCUT2D eigenvalue weighted by molar-refractivity contribution is 6.12. The van der Waals surface area contributed by atoms with Gasteiger partial charge in [0.15, 0.2) is 34.9 Å². The molecule has 10 heteroatoms. The molecule has 17 aromatic rings. The Balaban J connectivity index is 0.895. The van der Waals surface area contributed by atoms with Gasteiger partial charge in [0.25, 0.3) is 0 Å². The molecule has 4 heterocycles. The lowest BCUT2D eigenvalue weighted by atomic mass is 9.95. The van der Waals surface area contributed by atoms with Gasteiger partial charge in [-0.05, 0) is 136 Å². The second-order valence-electron chi connectivity index (χ2n) is 23.7. The van der Waals surface area contributed by atoms with E-state index in [4.69, 9.17) is 29.9 Å². The summed E-state index contributed by atoms with van der Waals surface area (Å²) in [5.74, 6) is 3.27. The fourth-order valence-electron chi connectivity index (χ4n) is 13.3. The number of fused-ring (bicyclic) bond motifs is 6. The smallest absolute Gasteiger partial charge is 0.164 e. The second kappa shape index (κ2) is 23.9. The maximum absolute atomic E-state index is 10.2. The Morgan fingerprint density at radius 1 is 0.208 bits per heavy atom. The van der Waals surface area contributed by atoms with Crippen molar-refractivity contribution < 1.29 is 0 Å². The Morgan fingerprint density at radius 2 is 0.500 bits per heavy atom. The zero-order valence-electron chi connectivity index (χ0n) is 51.5. The highest BCUT2D eigenvalue weighted by Gasteiger charge is 2.22. The number of nitriles is 2. The maximum atomic E-state index is 10.2. The third kappa shape index (κ3) is 10.3. The molecule has 0 fully saturated rings. The van der Waals surface area contributed by atoms with Crippen molar-refractivity contribution in [2.75, 3.05) is 0 Å². The van der Waals surface area contributed by atoms with Gasteiger partial charge in [-0.25, -0.2) is 29.9 Å². The largest absolute Gasteiger partial charge is 0.309 e. The topological polar surface area (TPSA) is 135 Å². The van der Waals surface area contributed by atoms with Crippen LogP contribution < -0.4 is 0 Å². The SMILES string of the molecule is N#Cc1ccccc1-c1ccc2c(c1)c1ccccc1n2-c1cc(-c2cccc(-c3cc(-c4nc(-c5ccccc5)nc(-c5ccccc5)n4)cc(-n4c5ccccc5c5cc(-c6ccccc6C#N)ccc54)c3)c2)cc(-c2nc(-c3ccccc3)nc(-c3ccccc3)n2)c1. The number of aromatic nitrogens is 8. The lowest BCUT2D eigenvalue weighted by molar-refractivity contribution is 1.07. The summed E-state index contributed by atoms with van der Waals surface area (Å²) in [6.07, 6.45) is 0. The van der Waals surface area contributed by atoms with Crippen molar-refractivity contribution in [3.63, 3.8) is 0 Å². The summed E-state index contributed by atoms with van der Waals surface area (Å²) in [5.41, 5.74) is 19.6. The number of nitrogens with zero attached hydrogens (tertiary/aromatic N) is 10. The van der Waals surface area contributed by atoms with Gasteiger partial charge in [0.1, 0.15) is 0 Å². The van der Waals surface area contributed by atoms with Crippen LogP contribution in [0.15, 0.2) is 315 Å². The van der Waals surface area contributed by atoms with E-state index in [9.17, 15) is 10.5 Å². The monoisotopic (exact) mass is 1220 g/mol. The number of para-hydroxylation sites is 2. The molecule has 0 amide bonds. The molecule has 17 rings (SSSR count). The minimum Gasteiger partial charge on any atom is -0.309 e. The molecular formula is C86H52N10. The van der Waals surface area contributed by atoms with E-state index in [1.165, 1.54) is 0 Å². The van der Waals surface area contributed by atoms with Crippen LogP contribution in [-0.4, -0.2) is 39.0 Å². The molecule has 13 aromatic carbocycles. The highest BCUT2D eigenvalue weighted by atomic mass is 15.1. The van der Waals surface area contributed by atoms with Crippen LogP contribution in [-0.2, 0) is 0 Å². The normalized spacial score (nSPS) is 11.3. The fraction of sp³-hybridized carbons (Fsp3) is 0. The van der Waals surface area contributed by atoms with Gasteiger partial charge in [-0.2, -0.15) is 10.5 Å². The van der Waals surface area contributed by atoms with Crippen LogP contribution >= 0.6 is 0 Å². The molecule has 0 atom stereocenters. The molecule has 10 nitrogen and oxygen atoms in total. The standard InChI is InChI=1S/C86H52N10/c87-53-63-30-13-15-34-71(63)61-40-42-79-75(51-61)73-36-17-19-38-77(73)95(79)69-47-65(45-67(49-69)85-91-81(55-22-5-1-6-23-55)89-82(92-85)56-24-7-2-8-25-56)59-32-21-33-60(44-59)66-46-68(86-93-83(57-26-9-3-10-27-57)90-84(94-86)58-28-11-4-12-29-58)50-70(48-66)96-78-39-20-18-37-74(78)76-52-62(41-43-80(76)96)72-35-16-14-31-64(72)54-88/h1-52H. The molecule has 0 radical (unpaired) electrons. The van der Waals surface area contributed by atoms with Gasteiger partial charge in [0, 0.05) is 66.3 Å². The van der Waals surface area contributed by atoms with Gasteiger partial charge in [0.05, 0.1) is 45.3 Å². The van der Waals surface area contributed by atoms with Gasteiger partial charge in [-0.3, -0.25) is 0 Å². The average Bonchev–Trinajstić information content (AvgIpc) is 1.58. The Hall–Kier alpha value is -13.5. The van der Waals surface area contributed by atoms with Crippen molar-refractivity contribution in [2.24, 2.45) is 0 Å². The Bertz CT molecular complexity index is 5500. The van der Waals surface area contributed by atoms with Crippen molar-refractivity contribution in [1.82, 2.24) is 39.0 Å². The molecule has 0 aliphatic carbocycles. The van der Waals surface area contributed by atoms with Crippen LogP contribution in [0.5, 0.6) is 0 Å². The molecular weight excluding hydrogens is 1170 g/mol. The maximum Gasteiger partial charge on any atom is 0.164 e. The van der Waals surface area contributed by atoms with E-state index in [1.54, 1.807) is 0 Å². The van der Waals surface area contributed by atoms with Gasteiger partial charge in [-0.15, -0.1) is 0 Å². The molecule has 0 aliphatic heterocycles. The summed E-state index contributed by atoms with van der Waals surface area (Å²) >= 11 is 0. The Morgan fingerprint density at radius 3 is 0.875 bits per heavy atom. The van der Waals surface area contributed by atoms with Crippen molar-refractivity contribution in [1.29, 1.82) is 10.5 Å². The third-order valence-electron chi connectivity index (χ3n) is 17.9. The number of benzene rings is 13. The molecule has 0 saturated carbocycles. The second-order valence-corrected chi connectivity index (χ2v) is 23.7. The van der Waals surface area contributed by atoms with Crippen LogP contribution in [0.2, 0.25) is 0 Å². The molecule has 0 spiro atoms. The van der Waals surface area contributed by atoms with E-state index in [-0.39, 0.29) is 0 Å². The van der Waals surface area contributed by atoms with Crippen LogP contribution in [0.4, 0.5) is 0 Å². The first-order valence-corrected chi connectivity index (χ1v) is 31.7. The zero-order chi connectivity index (χ0) is 64.1. The fourth-order valence-corrected chi connectivity index (χ4v) is 13.3. The molecule has 0 saturated heterocycles. The van der Waals surface area contributed by atoms with E-state index in [0.29, 0.717) is 46.1 Å². The Labute approximate surface area is 553 Å². The summed E-state index contributed by atoms with van der Waals surface area (Å²) in [7, 11) is 0. The first-order valence-electron chi connectivity index (χ1n) is 31.7. The molecule has 0 aliphatic rings. The van der Waals surface area contributed by atoms with Crippen molar-refractivity contribution in [3.05, 3.63) is 327 Å². The lowest BCUT2D eigenvalue weighted by Gasteiger charge is -2.16. The van der Waals surface area contributed by atoms with Crippen molar-refractivity contribution in [3.8, 4) is 136 Å². The summed E-state index contributed by atoms with van der Waals surface area (Å²) in [6.45, 7) is 0. The highest BCUT2D eigenvalue weighted by Crippen LogP contribution is 2.42. The Kier molecular flexibility index (Phi) is 14.1. The minimum absolute atomic E-state index is 0.519. The van der Waals surface area contributed by atoms with Gasteiger partial charge in [0.2, 0.25) is 0 Å². The zero-order valence-corrected chi connectivity index (χ0v) is 51.5. The predicted octanol–water partition coefficient (Wildman–Crippen LogP) is 20.7. The lowest BCUT2D eigenvalue weighted by Crippen LogP contribution is -2.02. The molecule has 446 valence electrons. The first kappa shape index (κ1) is 56.4. The van der Waals surface area contributed by atoms with Crippen LogP contribution in [0, 0.1) is 22.7 Å². The predicted molar refractivity (Wildman–Crippen MR) is 386 cm³/mol. The van der Waals surface area contributed by atoms with Gasteiger partial charge < -0.3 is 9.13 Å². The summed E-state index contributed by atoms with van der Waals surface area (Å²) in [5, 5.41) is 24.7. The quantitative estimate of drug-likeness (QED) is 0.118. The third-order valence-corrected chi connectivity index (χ3v) is 17.9. The number of hydrogen-bond donors (Lipinski definition) is 0. The molecule has 96 heavy (non-hydrogen) atoms. The first-order chi connectivity index (χ1) is 47.5. The molecule has 0 N–H and O–H groups in total. The van der Waals surface area contributed by atoms with Gasteiger partial charge in [-0.1, -0.05) is 224 Å². The van der Waals surface area contributed by atoms with E-state index in [2.05, 4.69) is 167 Å². The average molecular weight is 1230 g/mol. The van der Waals surface area contributed by atoms with E-state index < -0.39 is 0 Å². The number of rotatable bonds is 12. The van der Waals surface area contributed by atoms with E-state index in [0.717, 1.165) is 133 Å². The van der Waals surface area contributed by atoms with Crippen LogP contribution in [0.1, 0.15) is 11.1 Å². The summed E-state index contributed by atoms with van der Waals surface area (Å²) in [6, 6.07) is 113. The van der Waals surface area contributed by atoms with Gasteiger partial charge >= 0.3 is 0 Å². The molecule has 0 unspecified atom stereocenters. The summed E-state index contributed by atoms with van der Waals surface area (Å²) in [4.78, 5) is 31.5. The van der Waals surface area contributed by atoms with E-state index >= 15 is 0 Å². The number of hydrogen-bond acceptors (Lipinski definition) is 8. The van der Waals surface area contributed by atoms with Crippen molar-refractivity contribution >= 4 is 43.6 Å². The van der Waals surface area contributed by atoms with Crippen LogP contribution in [0.25, 0.3) is 168 Å². The minimum atomic E-state index is 0.519. The molecule has 0 bridgehead atoms. The van der Waals surface area contributed by atoms with Crippen molar-refractivity contribution in [2.45, 2.75) is 0 Å². The molecule has 4 aromatic heterocycles. The van der Waals surface area contributed by atoms with E-state index in [1.807, 2.05) is 170 Å².